The Bertz CT molecular complexity index is 289. The first-order valence-electron chi connectivity index (χ1n) is 5.53. The van der Waals surface area contributed by atoms with E-state index in [1.807, 2.05) is 19.2 Å². The topological polar surface area (TPSA) is 50.3 Å². The molecule has 0 amide bonds. The molecule has 0 aromatic carbocycles. The molecule has 1 aromatic rings. The van der Waals surface area contributed by atoms with Gasteiger partial charge in [-0.3, -0.25) is 0 Å². The monoisotopic (exact) mass is 224 g/mol. The molecule has 0 spiro atoms. The molecule has 90 valence electrons. The van der Waals surface area contributed by atoms with E-state index in [-0.39, 0.29) is 0 Å². The zero-order valence-electron chi connectivity index (χ0n) is 10.2. The van der Waals surface area contributed by atoms with Crippen LogP contribution in [0.3, 0.4) is 0 Å². The fourth-order valence-electron chi connectivity index (χ4n) is 1.43. The third-order valence-electron chi connectivity index (χ3n) is 2.33. The van der Waals surface area contributed by atoms with Gasteiger partial charge in [-0.1, -0.05) is 0 Å². The van der Waals surface area contributed by atoms with Crippen LogP contribution in [0.1, 0.15) is 12.6 Å². The predicted molar refractivity (Wildman–Crippen MR) is 64.6 cm³/mol. The Morgan fingerprint density at radius 3 is 2.69 bits per heavy atom. The molecule has 1 N–H and O–H groups in total. The summed E-state index contributed by atoms with van der Waals surface area (Å²) in [7, 11) is 3.60. The van der Waals surface area contributed by atoms with Gasteiger partial charge in [0.1, 0.15) is 0 Å². The Morgan fingerprint density at radius 1 is 1.38 bits per heavy atom. The highest BCUT2D eigenvalue weighted by molar-refractivity contribution is 5.36. The van der Waals surface area contributed by atoms with Crippen LogP contribution in [0.25, 0.3) is 0 Å². The molecule has 0 unspecified atom stereocenters. The van der Waals surface area contributed by atoms with Gasteiger partial charge in [0, 0.05) is 26.7 Å². The van der Waals surface area contributed by atoms with Crippen LogP contribution in [-0.2, 0) is 11.3 Å². The number of nitrogens with one attached hydrogen (secondary N) is 1. The van der Waals surface area contributed by atoms with Crippen molar-refractivity contribution in [2.45, 2.75) is 13.5 Å². The molecule has 0 bridgehead atoms. The first kappa shape index (κ1) is 12.9. The molecule has 1 heterocycles. The summed E-state index contributed by atoms with van der Waals surface area (Å²) >= 11 is 0. The maximum absolute atomic E-state index is 5.06. The molecule has 0 fully saturated rings. The van der Waals surface area contributed by atoms with Gasteiger partial charge in [-0.15, -0.1) is 5.10 Å². The van der Waals surface area contributed by atoms with Crippen molar-refractivity contribution in [3.8, 4) is 0 Å². The van der Waals surface area contributed by atoms with Gasteiger partial charge in [0.2, 0.25) is 0 Å². The number of methoxy groups -OCH3 is 1. The van der Waals surface area contributed by atoms with Gasteiger partial charge in [0.15, 0.2) is 5.82 Å². The lowest BCUT2D eigenvalue weighted by Gasteiger charge is -2.20. The lowest BCUT2D eigenvalue weighted by Crippen LogP contribution is -2.28. The van der Waals surface area contributed by atoms with E-state index in [0.29, 0.717) is 6.61 Å². The summed E-state index contributed by atoms with van der Waals surface area (Å²) < 4.78 is 5.06. The van der Waals surface area contributed by atoms with E-state index in [0.717, 1.165) is 31.1 Å². The van der Waals surface area contributed by atoms with E-state index in [2.05, 4.69) is 27.3 Å². The first-order valence-corrected chi connectivity index (χ1v) is 5.53. The molecule has 5 heteroatoms. The molecule has 0 aliphatic heterocycles. The number of likely N-dealkylation sites (N-methyl/N-ethyl adjacent to an activating group) is 1. The SMILES string of the molecule is CCN(CCOC)c1ccc(CNC)nn1. The highest BCUT2D eigenvalue weighted by Gasteiger charge is 2.05. The fraction of sp³-hybridized carbons (Fsp3) is 0.636. The van der Waals surface area contributed by atoms with Gasteiger partial charge >= 0.3 is 0 Å². The minimum absolute atomic E-state index is 0.702. The molecule has 0 atom stereocenters. The number of ether oxygens (including phenoxy) is 1. The van der Waals surface area contributed by atoms with Crippen LogP contribution in [0.15, 0.2) is 12.1 Å². The van der Waals surface area contributed by atoms with Crippen molar-refractivity contribution in [3.63, 3.8) is 0 Å². The Hall–Kier alpha value is -1.20. The quantitative estimate of drug-likeness (QED) is 0.737. The van der Waals surface area contributed by atoms with Crippen molar-refractivity contribution >= 4 is 5.82 Å². The molecule has 0 radical (unpaired) electrons. The third kappa shape index (κ3) is 3.75. The molecule has 0 aliphatic rings. The minimum atomic E-state index is 0.702. The van der Waals surface area contributed by atoms with Gasteiger partial charge in [-0.2, -0.15) is 5.10 Å². The number of aromatic nitrogens is 2. The Kier molecular flexibility index (Phi) is 5.74. The zero-order chi connectivity index (χ0) is 11.8. The van der Waals surface area contributed by atoms with Crippen LogP contribution in [0.5, 0.6) is 0 Å². The van der Waals surface area contributed by atoms with Gasteiger partial charge in [0.05, 0.1) is 12.3 Å². The van der Waals surface area contributed by atoms with E-state index in [9.17, 15) is 0 Å². The van der Waals surface area contributed by atoms with Gasteiger partial charge < -0.3 is 15.0 Å². The third-order valence-corrected chi connectivity index (χ3v) is 2.33. The number of nitrogens with zero attached hydrogens (tertiary/aromatic N) is 3. The lowest BCUT2D eigenvalue weighted by molar-refractivity contribution is 0.205. The number of hydrogen-bond acceptors (Lipinski definition) is 5. The molecule has 1 rings (SSSR count). The fourth-order valence-corrected chi connectivity index (χ4v) is 1.43. The average Bonchev–Trinajstić information content (AvgIpc) is 2.32. The standard InChI is InChI=1S/C11H20N4O/c1-4-15(7-8-16-3)11-6-5-10(9-12-2)13-14-11/h5-6,12H,4,7-9H2,1-3H3. The van der Waals surface area contributed by atoms with Crippen LogP contribution in [0.2, 0.25) is 0 Å². The second-order valence-electron chi connectivity index (χ2n) is 3.49. The van der Waals surface area contributed by atoms with Crippen LogP contribution in [0.4, 0.5) is 5.82 Å². The van der Waals surface area contributed by atoms with Gasteiger partial charge in [0.25, 0.3) is 0 Å². The summed E-state index contributed by atoms with van der Waals surface area (Å²) in [6.07, 6.45) is 0. The summed E-state index contributed by atoms with van der Waals surface area (Å²) in [5.41, 5.74) is 0.953. The minimum Gasteiger partial charge on any atom is -0.383 e. The van der Waals surface area contributed by atoms with Crippen LogP contribution in [0, 0.1) is 0 Å². The Morgan fingerprint density at radius 2 is 2.19 bits per heavy atom. The maximum atomic E-state index is 5.06. The van der Waals surface area contributed by atoms with Crippen LogP contribution < -0.4 is 10.2 Å². The molecule has 0 aliphatic carbocycles. The predicted octanol–water partition coefficient (Wildman–Crippen LogP) is 0.669. The lowest BCUT2D eigenvalue weighted by atomic mass is 10.3. The van der Waals surface area contributed by atoms with E-state index in [4.69, 9.17) is 4.74 Å². The molecule has 1 aromatic heterocycles. The number of anilines is 1. The van der Waals surface area contributed by atoms with Crippen molar-refractivity contribution in [2.24, 2.45) is 0 Å². The summed E-state index contributed by atoms with van der Waals surface area (Å²) in [5, 5.41) is 11.4. The largest absolute Gasteiger partial charge is 0.383 e. The van der Waals surface area contributed by atoms with Gasteiger partial charge in [-0.05, 0) is 26.1 Å². The smallest absolute Gasteiger partial charge is 0.151 e. The number of rotatable bonds is 7. The second kappa shape index (κ2) is 7.14. The molecule has 16 heavy (non-hydrogen) atoms. The van der Waals surface area contributed by atoms with Crippen LogP contribution in [-0.4, -0.2) is 44.1 Å². The summed E-state index contributed by atoms with van der Waals surface area (Å²) in [4.78, 5) is 2.14. The summed E-state index contributed by atoms with van der Waals surface area (Å²) in [6.45, 7) is 5.29. The van der Waals surface area contributed by atoms with Crippen molar-refractivity contribution in [1.29, 1.82) is 0 Å². The molecule has 0 saturated heterocycles. The van der Waals surface area contributed by atoms with Gasteiger partial charge in [-0.25, -0.2) is 0 Å². The number of hydrogen-bond donors (Lipinski definition) is 1. The summed E-state index contributed by atoms with van der Waals surface area (Å²) in [5.74, 6) is 0.902. The van der Waals surface area contributed by atoms with Crippen molar-refractivity contribution < 1.29 is 4.74 Å². The molecule has 0 saturated carbocycles. The van der Waals surface area contributed by atoms with E-state index >= 15 is 0 Å². The summed E-state index contributed by atoms with van der Waals surface area (Å²) in [6, 6.07) is 3.99. The van der Waals surface area contributed by atoms with E-state index < -0.39 is 0 Å². The second-order valence-corrected chi connectivity index (χ2v) is 3.49. The Balaban J connectivity index is 2.62. The van der Waals surface area contributed by atoms with Crippen molar-refractivity contribution in [1.82, 2.24) is 15.5 Å². The zero-order valence-corrected chi connectivity index (χ0v) is 10.2. The highest BCUT2D eigenvalue weighted by atomic mass is 16.5. The van der Waals surface area contributed by atoms with Crippen LogP contribution >= 0.6 is 0 Å². The molecular weight excluding hydrogens is 204 g/mol. The Labute approximate surface area is 96.8 Å². The van der Waals surface area contributed by atoms with E-state index in [1.54, 1.807) is 7.11 Å². The average molecular weight is 224 g/mol. The molecule has 5 nitrogen and oxygen atoms in total. The van der Waals surface area contributed by atoms with Crippen molar-refractivity contribution in [3.05, 3.63) is 17.8 Å². The normalized spacial score (nSPS) is 10.4. The highest BCUT2D eigenvalue weighted by Crippen LogP contribution is 2.08. The first-order chi connectivity index (χ1) is 7.81. The maximum Gasteiger partial charge on any atom is 0.151 e. The molecular formula is C11H20N4O. The van der Waals surface area contributed by atoms with E-state index in [1.165, 1.54) is 0 Å². The van der Waals surface area contributed by atoms with Crippen molar-refractivity contribution in [2.75, 3.05) is 38.8 Å².